The van der Waals surface area contributed by atoms with Crippen LogP contribution in [0, 0.1) is 0 Å². The first kappa shape index (κ1) is 17.1. The first-order valence-corrected chi connectivity index (χ1v) is 8.46. The van der Waals surface area contributed by atoms with Crippen LogP contribution in [0.3, 0.4) is 0 Å². The number of nitrogens with two attached hydrogens (primary N) is 1. The number of anilines is 1. The van der Waals surface area contributed by atoms with Crippen LogP contribution in [0.5, 0.6) is 0 Å². The number of nitrogens with zero attached hydrogens (tertiary/aromatic N) is 2. The molecule has 0 aliphatic rings. The molecule has 0 fully saturated rings. The molecule has 1 heterocycles. The van der Waals surface area contributed by atoms with Gasteiger partial charge in [-0.2, -0.15) is 0 Å². The Hall–Kier alpha value is -0.990. The summed E-state index contributed by atoms with van der Waals surface area (Å²) < 4.78 is 2.25. The average molecular weight is 279 g/mol. The predicted octanol–water partition coefficient (Wildman–Crippen LogP) is 4.90. The minimum Gasteiger partial charge on any atom is -0.384 e. The molecule has 0 saturated heterocycles. The van der Waals surface area contributed by atoms with Gasteiger partial charge in [-0.1, -0.05) is 59.8 Å². The van der Waals surface area contributed by atoms with Gasteiger partial charge in [-0.15, -0.1) is 0 Å². The van der Waals surface area contributed by atoms with Gasteiger partial charge in [-0.3, -0.25) is 0 Å². The van der Waals surface area contributed by atoms with Crippen molar-refractivity contribution in [2.75, 3.05) is 5.73 Å². The van der Waals surface area contributed by atoms with Gasteiger partial charge < -0.3 is 10.3 Å². The van der Waals surface area contributed by atoms with Crippen molar-refractivity contribution in [1.29, 1.82) is 0 Å². The minimum absolute atomic E-state index is 0.447. The summed E-state index contributed by atoms with van der Waals surface area (Å²) in [6, 6.07) is 0. The molecule has 3 heteroatoms. The molecule has 0 radical (unpaired) electrons. The monoisotopic (exact) mass is 279 g/mol. The van der Waals surface area contributed by atoms with Crippen LogP contribution in [0.2, 0.25) is 0 Å². The second kappa shape index (κ2) is 9.04. The number of rotatable bonds is 10. The zero-order chi connectivity index (χ0) is 15.0. The smallest absolute Gasteiger partial charge is 0.126 e. The summed E-state index contributed by atoms with van der Waals surface area (Å²) in [5, 5.41) is 0. The van der Waals surface area contributed by atoms with E-state index in [4.69, 9.17) is 10.7 Å². The molecular formula is C17H33N3. The van der Waals surface area contributed by atoms with E-state index in [1.54, 1.807) is 0 Å². The molecule has 0 aliphatic heterocycles. The highest BCUT2D eigenvalue weighted by molar-refractivity contribution is 5.39. The molecule has 116 valence electrons. The van der Waals surface area contributed by atoms with Gasteiger partial charge in [0.05, 0.1) is 5.69 Å². The van der Waals surface area contributed by atoms with Crippen molar-refractivity contribution in [3.8, 4) is 0 Å². The van der Waals surface area contributed by atoms with Crippen molar-refractivity contribution in [3.05, 3.63) is 11.5 Å². The van der Waals surface area contributed by atoms with Crippen molar-refractivity contribution < 1.29 is 0 Å². The lowest BCUT2D eigenvalue weighted by Gasteiger charge is -2.11. The van der Waals surface area contributed by atoms with E-state index in [1.165, 1.54) is 50.8 Å². The molecule has 0 saturated carbocycles. The van der Waals surface area contributed by atoms with Gasteiger partial charge in [-0.05, 0) is 19.3 Å². The first-order chi connectivity index (χ1) is 9.61. The van der Waals surface area contributed by atoms with Crippen LogP contribution in [0.1, 0.15) is 90.1 Å². The lowest BCUT2D eigenvalue weighted by atomic mass is 10.1. The standard InChI is InChI=1S/C17H33N3/c1-5-7-9-10-11-12-15-16(18)20(13-8-6-2)17(19-15)14(3)4/h14H,5-13,18H2,1-4H3. The van der Waals surface area contributed by atoms with E-state index in [1.807, 2.05) is 0 Å². The summed E-state index contributed by atoms with van der Waals surface area (Å²) in [6.07, 6.45) is 9.90. The molecule has 20 heavy (non-hydrogen) atoms. The number of hydrogen-bond donors (Lipinski definition) is 1. The highest BCUT2D eigenvalue weighted by Gasteiger charge is 2.16. The Kier molecular flexibility index (Phi) is 7.71. The molecule has 3 nitrogen and oxygen atoms in total. The Balaban J connectivity index is 2.66. The summed E-state index contributed by atoms with van der Waals surface area (Å²) in [6.45, 7) is 9.89. The van der Waals surface area contributed by atoms with Crippen molar-refractivity contribution in [1.82, 2.24) is 9.55 Å². The summed E-state index contributed by atoms with van der Waals surface area (Å²) in [7, 11) is 0. The lowest BCUT2D eigenvalue weighted by Crippen LogP contribution is -2.08. The molecule has 0 aromatic carbocycles. The zero-order valence-corrected chi connectivity index (χ0v) is 13.9. The van der Waals surface area contributed by atoms with Crippen LogP contribution in [-0.4, -0.2) is 9.55 Å². The van der Waals surface area contributed by atoms with Crippen LogP contribution in [-0.2, 0) is 13.0 Å². The Morgan fingerprint density at radius 2 is 1.65 bits per heavy atom. The van der Waals surface area contributed by atoms with E-state index in [2.05, 4.69) is 32.3 Å². The maximum absolute atomic E-state index is 6.32. The van der Waals surface area contributed by atoms with Crippen LogP contribution in [0.15, 0.2) is 0 Å². The maximum atomic E-state index is 6.32. The lowest BCUT2D eigenvalue weighted by molar-refractivity contribution is 0.588. The number of unbranched alkanes of at least 4 members (excludes halogenated alkanes) is 5. The molecule has 1 aromatic heterocycles. The molecule has 0 bridgehead atoms. The fourth-order valence-electron chi connectivity index (χ4n) is 2.61. The molecule has 2 N–H and O–H groups in total. The van der Waals surface area contributed by atoms with Gasteiger partial charge >= 0.3 is 0 Å². The van der Waals surface area contributed by atoms with Gasteiger partial charge in [-0.25, -0.2) is 4.98 Å². The van der Waals surface area contributed by atoms with Crippen molar-refractivity contribution in [2.45, 2.75) is 91.5 Å². The van der Waals surface area contributed by atoms with Crippen molar-refractivity contribution >= 4 is 5.82 Å². The normalized spacial score (nSPS) is 11.4. The fourth-order valence-corrected chi connectivity index (χ4v) is 2.61. The summed E-state index contributed by atoms with van der Waals surface area (Å²) >= 11 is 0. The molecule has 0 unspecified atom stereocenters. The van der Waals surface area contributed by atoms with E-state index >= 15 is 0 Å². The van der Waals surface area contributed by atoms with E-state index in [0.717, 1.165) is 24.5 Å². The molecule has 0 spiro atoms. The highest BCUT2D eigenvalue weighted by Crippen LogP contribution is 2.23. The van der Waals surface area contributed by atoms with Gasteiger partial charge in [0.15, 0.2) is 0 Å². The number of aromatic nitrogens is 2. The predicted molar refractivity (Wildman–Crippen MR) is 88.1 cm³/mol. The van der Waals surface area contributed by atoms with Crippen molar-refractivity contribution in [2.24, 2.45) is 0 Å². The second-order valence-electron chi connectivity index (χ2n) is 6.13. The Bertz CT molecular complexity index is 380. The number of hydrogen-bond acceptors (Lipinski definition) is 2. The fraction of sp³-hybridized carbons (Fsp3) is 0.824. The third kappa shape index (κ3) is 4.84. The van der Waals surface area contributed by atoms with Gasteiger partial charge in [0.25, 0.3) is 0 Å². The van der Waals surface area contributed by atoms with Gasteiger partial charge in [0, 0.05) is 12.5 Å². The van der Waals surface area contributed by atoms with Gasteiger partial charge in [0.2, 0.25) is 0 Å². The number of imidazole rings is 1. The molecule has 1 aromatic rings. The Labute approximate surface area is 125 Å². The summed E-state index contributed by atoms with van der Waals surface area (Å²) in [5.41, 5.74) is 7.45. The Morgan fingerprint density at radius 1 is 1.00 bits per heavy atom. The number of aryl methyl sites for hydroxylation is 1. The van der Waals surface area contributed by atoms with E-state index < -0.39 is 0 Å². The SMILES string of the molecule is CCCCCCCc1nc(C(C)C)n(CCCC)c1N. The molecular weight excluding hydrogens is 246 g/mol. The second-order valence-corrected chi connectivity index (χ2v) is 6.13. The third-order valence-corrected chi connectivity index (χ3v) is 3.88. The quantitative estimate of drug-likeness (QED) is 0.619. The summed E-state index contributed by atoms with van der Waals surface area (Å²) in [5.74, 6) is 2.53. The minimum atomic E-state index is 0.447. The molecule has 0 aliphatic carbocycles. The van der Waals surface area contributed by atoms with Crippen LogP contribution in [0.4, 0.5) is 5.82 Å². The third-order valence-electron chi connectivity index (χ3n) is 3.88. The average Bonchev–Trinajstić information content (AvgIpc) is 2.73. The van der Waals surface area contributed by atoms with Crippen LogP contribution < -0.4 is 5.73 Å². The molecule has 1 rings (SSSR count). The topological polar surface area (TPSA) is 43.8 Å². The maximum Gasteiger partial charge on any atom is 0.126 e. The van der Waals surface area contributed by atoms with Crippen LogP contribution >= 0.6 is 0 Å². The van der Waals surface area contributed by atoms with E-state index in [-0.39, 0.29) is 0 Å². The zero-order valence-electron chi connectivity index (χ0n) is 13.9. The molecule has 0 atom stereocenters. The van der Waals surface area contributed by atoms with Gasteiger partial charge in [0.1, 0.15) is 11.6 Å². The largest absolute Gasteiger partial charge is 0.384 e. The Morgan fingerprint density at radius 3 is 2.25 bits per heavy atom. The highest BCUT2D eigenvalue weighted by atomic mass is 15.1. The number of nitrogen functional groups attached to an aromatic ring is 1. The summed E-state index contributed by atoms with van der Waals surface area (Å²) in [4.78, 5) is 4.82. The molecule has 0 amide bonds. The van der Waals surface area contributed by atoms with Crippen molar-refractivity contribution in [3.63, 3.8) is 0 Å². The van der Waals surface area contributed by atoms with E-state index in [0.29, 0.717) is 5.92 Å². The van der Waals surface area contributed by atoms with E-state index in [9.17, 15) is 0 Å². The van der Waals surface area contributed by atoms with Crippen LogP contribution in [0.25, 0.3) is 0 Å². The first-order valence-electron chi connectivity index (χ1n) is 8.46.